The van der Waals surface area contributed by atoms with Gasteiger partial charge in [0.1, 0.15) is 5.82 Å². The number of hydrogen-bond acceptors (Lipinski definition) is 6. The van der Waals surface area contributed by atoms with E-state index in [1.54, 1.807) is 17.0 Å². The molecule has 26 heavy (non-hydrogen) atoms. The summed E-state index contributed by atoms with van der Waals surface area (Å²) in [5.41, 5.74) is -0.00693. The van der Waals surface area contributed by atoms with E-state index in [2.05, 4.69) is 15.5 Å². The number of fused-ring (bicyclic) bond motifs is 1. The molecule has 0 saturated carbocycles. The number of aromatic nitrogens is 3. The first-order valence-electron chi connectivity index (χ1n) is 8.48. The van der Waals surface area contributed by atoms with Gasteiger partial charge in [-0.2, -0.15) is 0 Å². The van der Waals surface area contributed by atoms with Crippen molar-refractivity contribution in [1.29, 1.82) is 0 Å². The molecule has 0 saturated heterocycles. The molecule has 138 valence electrons. The number of anilines is 2. The first kappa shape index (κ1) is 18.0. The lowest BCUT2D eigenvalue weighted by atomic mass is 10.3. The maximum atomic E-state index is 13.1. The molecule has 2 aromatic rings. The van der Waals surface area contributed by atoms with E-state index in [1.807, 2.05) is 6.92 Å². The van der Waals surface area contributed by atoms with Crippen LogP contribution in [0, 0.1) is 5.82 Å². The average molecular weight is 361 g/mol. The molecule has 1 aromatic carbocycles. The Morgan fingerprint density at radius 2 is 2.04 bits per heavy atom. The smallest absolute Gasteiger partial charge is 0.286 e. The number of nitrogens with zero attached hydrogens (tertiary/aromatic N) is 4. The van der Waals surface area contributed by atoms with Crippen molar-refractivity contribution in [3.63, 3.8) is 0 Å². The Hall–Kier alpha value is -2.81. The summed E-state index contributed by atoms with van der Waals surface area (Å²) in [5, 5.41) is 10.5. The fourth-order valence-electron chi connectivity index (χ4n) is 2.72. The van der Waals surface area contributed by atoms with Gasteiger partial charge in [0.15, 0.2) is 0 Å². The van der Waals surface area contributed by atoms with Gasteiger partial charge in [0, 0.05) is 38.5 Å². The lowest BCUT2D eigenvalue weighted by Gasteiger charge is -2.16. The lowest BCUT2D eigenvalue weighted by Crippen LogP contribution is -2.35. The minimum atomic E-state index is -0.547. The number of carbonyl (C=O) groups is 1. The molecule has 0 spiro atoms. The van der Waals surface area contributed by atoms with Gasteiger partial charge in [-0.15, -0.1) is 10.2 Å². The topological polar surface area (TPSA) is 89.3 Å². The highest BCUT2D eigenvalue weighted by molar-refractivity contribution is 5.91. The Bertz CT molecular complexity index is 837. The van der Waals surface area contributed by atoms with Crippen molar-refractivity contribution < 1.29 is 13.9 Å². The van der Waals surface area contributed by atoms with Crippen LogP contribution in [0.25, 0.3) is 0 Å². The Morgan fingerprint density at radius 1 is 1.27 bits per heavy atom. The van der Waals surface area contributed by atoms with E-state index in [9.17, 15) is 14.0 Å². The van der Waals surface area contributed by atoms with Crippen molar-refractivity contribution >= 4 is 17.5 Å². The number of amides is 1. The molecule has 1 aliphatic heterocycles. The standard InChI is InChI=1S/C17H20FN5O3/c1-2-26-11-3-8-19-15(24)14-16(25)23-10-9-22(17(23)21-20-14)13-6-4-12(18)5-7-13/h4-7H,2-3,8-11H2,1H3,(H,19,24). The van der Waals surface area contributed by atoms with Gasteiger partial charge in [-0.05, 0) is 37.6 Å². The number of ether oxygens (including phenoxy) is 1. The molecule has 3 rings (SSSR count). The highest BCUT2D eigenvalue weighted by atomic mass is 19.1. The Balaban J connectivity index is 1.74. The van der Waals surface area contributed by atoms with Crippen molar-refractivity contribution in [3.8, 4) is 0 Å². The molecule has 0 atom stereocenters. The monoisotopic (exact) mass is 361 g/mol. The van der Waals surface area contributed by atoms with Crippen LogP contribution in [0.2, 0.25) is 0 Å². The van der Waals surface area contributed by atoms with Crippen LogP contribution in [0.1, 0.15) is 23.8 Å². The van der Waals surface area contributed by atoms with E-state index in [0.717, 1.165) is 0 Å². The van der Waals surface area contributed by atoms with Gasteiger partial charge in [-0.25, -0.2) is 4.39 Å². The van der Waals surface area contributed by atoms with Gasteiger partial charge in [0.2, 0.25) is 11.6 Å². The second-order valence-electron chi connectivity index (χ2n) is 5.74. The molecule has 0 fully saturated rings. The van der Waals surface area contributed by atoms with Crippen LogP contribution in [-0.4, -0.2) is 47.0 Å². The van der Waals surface area contributed by atoms with Crippen molar-refractivity contribution in [2.24, 2.45) is 0 Å². The number of hydrogen-bond donors (Lipinski definition) is 1. The first-order valence-corrected chi connectivity index (χ1v) is 8.48. The van der Waals surface area contributed by atoms with Gasteiger partial charge < -0.3 is 15.0 Å². The Morgan fingerprint density at radius 3 is 2.77 bits per heavy atom. The van der Waals surface area contributed by atoms with Gasteiger partial charge in [-0.1, -0.05) is 0 Å². The molecule has 1 aliphatic rings. The summed E-state index contributed by atoms with van der Waals surface area (Å²) in [6.45, 7) is 4.33. The third-order valence-corrected chi connectivity index (χ3v) is 4.03. The largest absolute Gasteiger partial charge is 0.382 e. The van der Waals surface area contributed by atoms with E-state index in [0.29, 0.717) is 50.9 Å². The average Bonchev–Trinajstić information content (AvgIpc) is 3.07. The molecule has 0 radical (unpaired) electrons. The second kappa shape index (κ2) is 8.05. The fourth-order valence-corrected chi connectivity index (χ4v) is 2.72. The van der Waals surface area contributed by atoms with Gasteiger partial charge in [0.05, 0.1) is 0 Å². The van der Waals surface area contributed by atoms with Crippen molar-refractivity contribution in [1.82, 2.24) is 20.1 Å². The van der Waals surface area contributed by atoms with Crippen LogP contribution in [0.3, 0.4) is 0 Å². The molecule has 8 nitrogen and oxygen atoms in total. The van der Waals surface area contributed by atoms with E-state index in [4.69, 9.17) is 4.74 Å². The maximum absolute atomic E-state index is 13.1. The van der Waals surface area contributed by atoms with Gasteiger partial charge in [-0.3, -0.25) is 14.2 Å². The van der Waals surface area contributed by atoms with Crippen molar-refractivity contribution in [2.75, 3.05) is 31.2 Å². The summed E-state index contributed by atoms with van der Waals surface area (Å²) in [4.78, 5) is 26.5. The molecule has 1 amide bonds. The third kappa shape index (κ3) is 3.72. The minimum absolute atomic E-state index is 0.230. The summed E-state index contributed by atoms with van der Waals surface area (Å²) < 4.78 is 19.7. The van der Waals surface area contributed by atoms with Gasteiger partial charge >= 0.3 is 0 Å². The predicted molar refractivity (Wildman–Crippen MR) is 93.1 cm³/mol. The zero-order valence-corrected chi connectivity index (χ0v) is 14.4. The van der Waals surface area contributed by atoms with E-state index >= 15 is 0 Å². The lowest BCUT2D eigenvalue weighted by molar-refractivity contribution is 0.0936. The normalized spacial score (nSPS) is 12.9. The van der Waals surface area contributed by atoms with E-state index in [1.165, 1.54) is 16.7 Å². The quantitative estimate of drug-likeness (QED) is 0.743. The predicted octanol–water partition coefficient (Wildman–Crippen LogP) is 1.09. The second-order valence-corrected chi connectivity index (χ2v) is 5.74. The van der Waals surface area contributed by atoms with Gasteiger partial charge in [0.25, 0.3) is 11.5 Å². The molecule has 0 unspecified atom stereocenters. The summed E-state index contributed by atoms with van der Waals surface area (Å²) in [5.74, 6) is -0.545. The summed E-state index contributed by atoms with van der Waals surface area (Å²) in [6.07, 6.45) is 0.650. The van der Waals surface area contributed by atoms with Crippen LogP contribution in [0.5, 0.6) is 0 Å². The molecular weight excluding hydrogens is 341 g/mol. The van der Waals surface area contributed by atoms with Crippen LogP contribution >= 0.6 is 0 Å². The summed E-state index contributed by atoms with van der Waals surface area (Å²) in [6, 6.07) is 5.90. The number of rotatable bonds is 7. The molecule has 0 bridgehead atoms. The van der Waals surface area contributed by atoms with Crippen LogP contribution in [-0.2, 0) is 11.3 Å². The maximum Gasteiger partial charge on any atom is 0.286 e. The van der Waals surface area contributed by atoms with Crippen LogP contribution in [0.4, 0.5) is 16.0 Å². The van der Waals surface area contributed by atoms with Crippen molar-refractivity contribution in [3.05, 3.63) is 46.1 Å². The SMILES string of the molecule is CCOCCCNC(=O)c1nnc2n(c1=O)CCN2c1ccc(F)cc1. The third-order valence-electron chi connectivity index (χ3n) is 4.03. The van der Waals surface area contributed by atoms with Crippen molar-refractivity contribution in [2.45, 2.75) is 19.9 Å². The zero-order chi connectivity index (χ0) is 18.5. The minimum Gasteiger partial charge on any atom is -0.382 e. The molecular formula is C17H20FN5O3. The van der Waals surface area contributed by atoms with E-state index in [-0.39, 0.29) is 11.5 Å². The summed E-state index contributed by atoms with van der Waals surface area (Å²) >= 11 is 0. The highest BCUT2D eigenvalue weighted by Crippen LogP contribution is 2.26. The highest BCUT2D eigenvalue weighted by Gasteiger charge is 2.27. The fraction of sp³-hybridized carbons (Fsp3) is 0.412. The molecule has 1 aromatic heterocycles. The number of benzene rings is 1. The molecule has 0 aliphatic carbocycles. The molecule has 1 N–H and O–H groups in total. The molecule has 2 heterocycles. The Labute approximate surface area is 149 Å². The van der Waals surface area contributed by atoms with Crippen LogP contribution in [0.15, 0.2) is 29.1 Å². The van der Waals surface area contributed by atoms with Crippen LogP contribution < -0.4 is 15.8 Å². The van der Waals surface area contributed by atoms with E-state index < -0.39 is 11.5 Å². The Kier molecular flexibility index (Phi) is 5.57. The first-order chi connectivity index (χ1) is 12.6. The summed E-state index contributed by atoms with van der Waals surface area (Å²) in [7, 11) is 0. The molecule has 9 heteroatoms. The zero-order valence-electron chi connectivity index (χ0n) is 14.4. The number of carbonyl (C=O) groups excluding carboxylic acids is 1. The number of halogens is 1. The number of nitrogens with one attached hydrogen (secondary N) is 1.